The van der Waals surface area contributed by atoms with E-state index in [1.165, 1.54) is 0 Å². The molecule has 174 valence electrons. The van der Waals surface area contributed by atoms with Gasteiger partial charge in [-0.15, -0.1) is 0 Å². The summed E-state index contributed by atoms with van der Waals surface area (Å²) in [5.74, 6) is -0.269. The first kappa shape index (κ1) is 24.4. The van der Waals surface area contributed by atoms with Crippen LogP contribution >= 0.6 is 0 Å². The molecule has 0 bridgehead atoms. The fourth-order valence-electron chi connectivity index (χ4n) is 3.65. The zero-order valence-electron chi connectivity index (χ0n) is 19.3. The molecule has 0 unspecified atom stereocenters. The number of hydrogen-bond donors (Lipinski definition) is 1. The van der Waals surface area contributed by atoms with Crippen LogP contribution in [0.2, 0.25) is 0 Å². The Hall–Kier alpha value is -3.29. The van der Waals surface area contributed by atoms with E-state index >= 15 is 0 Å². The van der Waals surface area contributed by atoms with Gasteiger partial charge in [-0.1, -0.05) is 67.6 Å². The van der Waals surface area contributed by atoms with Crippen LogP contribution in [0.15, 0.2) is 66.9 Å². The molecule has 1 heterocycles. The van der Waals surface area contributed by atoms with E-state index in [0.717, 1.165) is 34.8 Å². The van der Waals surface area contributed by atoms with Crippen LogP contribution < -0.4 is 4.90 Å². The number of carboxylic acids is 1. The van der Waals surface area contributed by atoms with Crippen LogP contribution in [0.4, 0.5) is 5.82 Å². The van der Waals surface area contributed by atoms with Gasteiger partial charge in [0.2, 0.25) is 0 Å². The number of aromatic nitrogens is 2. The highest BCUT2D eigenvalue weighted by Gasteiger charge is 2.24. The van der Waals surface area contributed by atoms with Crippen LogP contribution in [0.1, 0.15) is 27.2 Å². The van der Waals surface area contributed by atoms with E-state index in [0.29, 0.717) is 0 Å². The lowest BCUT2D eigenvalue weighted by atomic mass is 10.0. The van der Waals surface area contributed by atoms with Crippen molar-refractivity contribution in [2.45, 2.75) is 39.5 Å². The third-order valence-electron chi connectivity index (χ3n) is 5.10. The van der Waals surface area contributed by atoms with Crippen LogP contribution in [0.3, 0.4) is 0 Å². The molecule has 1 atom stereocenters. The van der Waals surface area contributed by atoms with Crippen molar-refractivity contribution >= 4 is 11.8 Å². The molecule has 2 aromatic carbocycles. The lowest BCUT2D eigenvalue weighted by molar-refractivity contribution is -0.142. The highest BCUT2D eigenvalue weighted by atomic mass is 16.5. The van der Waals surface area contributed by atoms with Crippen molar-refractivity contribution in [3.8, 4) is 22.5 Å². The van der Waals surface area contributed by atoms with Gasteiger partial charge in [-0.25, -0.2) is 9.78 Å². The van der Waals surface area contributed by atoms with Crippen LogP contribution in [0.25, 0.3) is 22.5 Å². The Labute approximate surface area is 195 Å². The zero-order valence-corrected chi connectivity index (χ0v) is 19.3. The maximum absolute atomic E-state index is 10.6. The number of rotatable bonds is 12. The molecule has 1 N–H and O–H groups in total. The number of hydrogen-bond acceptors (Lipinski definition) is 6. The Morgan fingerprint density at radius 1 is 0.970 bits per heavy atom. The number of anilines is 1. The van der Waals surface area contributed by atoms with Crippen molar-refractivity contribution in [1.82, 2.24) is 9.97 Å². The number of nitrogens with zero attached hydrogens (tertiary/aromatic N) is 3. The van der Waals surface area contributed by atoms with Crippen molar-refractivity contribution in [2.75, 3.05) is 24.7 Å². The molecule has 3 rings (SSSR count). The highest BCUT2D eigenvalue weighted by Crippen LogP contribution is 2.31. The Kier molecular flexibility index (Phi) is 8.92. The van der Waals surface area contributed by atoms with E-state index in [1.54, 1.807) is 6.20 Å². The van der Waals surface area contributed by atoms with Crippen LogP contribution in [0, 0.1) is 0 Å². The first-order chi connectivity index (χ1) is 16.0. The van der Waals surface area contributed by atoms with E-state index in [2.05, 4.69) is 18.7 Å². The quantitative estimate of drug-likeness (QED) is 0.312. The van der Waals surface area contributed by atoms with Crippen molar-refractivity contribution < 1.29 is 19.4 Å². The summed E-state index contributed by atoms with van der Waals surface area (Å²) in [6, 6.07) is 20.2. The van der Waals surface area contributed by atoms with Gasteiger partial charge in [0.25, 0.3) is 0 Å². The molecule has 0 aliphatic heterocycles. The summed E-state index contributed by atoms with van der Waals surface area (Å²) in [7, 11) is 0. The van der Waals surface area contributed by atoms with E-state index in [1.807, 2.05) is 67.6 Å². The third kappa shape index (κ3) is 6.60. The minimum atomic E-state index is -0.993. The molecule has 0 spiro atoms. The lowest BCUT2D eigenvalue weighted by Gasteiger charge is -2.35. The standard InChI is InChI=1S/C26H31N3O4/c1-4-23(33-16-15-32-18-24(30)31)29(19(2)3)22-17-27-25(20-11-7-5-8-12-20)26(28-22)21-13-9-6-10-14-21/h5-14,17,19,23H,4,15-16,18H2,1-3H3,(H,30,31)/t23-/m1/s1. The SMILES string of the molecule is CC[C@@H](OCCOCC(=O)O)N(c1cnc(-c2ccccc2)c(-c2ccccc2)n1)C(C)C. The van der Waals surface area contributed by atoms with Crippen LogP contribution in [0.5, 0.6) is 0 Å². The number of ether oxygens (including phenoxy) is 2. The van der Waals surface area contributed by atoms with Crippen molar-refractivity contribution in [1.29, 1.82) is 0 Å². The lowest BCUT2D eigenvalue weighted by Crippen LogP contribution is -2.43. The van der Waals surface area contributed by atoms with Gasteiger partial charge in [0.1, 0.15) is 18.7 Å². The predicted molar refractivity (Wildman–Crippen MR) is 129 cm³/mol. The summed E-state index contributed by atoms with van der Waals surface area (Å²) in [6.45, 7) is 6.38. The number of aliphatic carboxylic acids is 1. The molecule has 0 amide bonds. The maximum atomic E-state index is 10.6. The summed E-state index contributed by atoms with van der Waals surface area (Å²) in [4.78, 5) is 22.6. The summed E-state index contributed by atoms with van der Waals surface area (Å²) in [5.41, 5.74) is 3.63. The highest BCUT2D eigenvalue weighted by molar-refractivity contribution is 5.78. The summed E-state index contributed by atoms with van der Waals surface area (Å²) in [5, 5.41) is 8.71. The number of carboxylic acid groups (broad SMARTS) is 1. The minimum absolute atomic E-state index is 0.107. The van der Waals surface area contributed by atoms with Crippen molar-refractivity contribution in [2.24, 2.45) is 0 Å². The predicted octanol–water partition coefficient (Wildman–Crippen LogP) is 4.88. The molecular formula is C26H31N3O4. The van der Waals surface area contributed by atoms with Gasteiger partial charge in [-0.3, -0.25) is 4.98 Å². The van der Waals surface area contributed by atoms with E-state index < -0.39 is 5.97 Å². The average Bonchev–Trinajstić information content (AvgIpc) is 2.83. The van der Waals surface area contributed by atoms with Gasteiger partial charge in [0, 0.05) is 17.2 Å². The molecule has 7 heteroatoms. The molecule has 0 aliphatic carbocycles. The second-order valence-corrected chi connectivity index (χ2v) is 7.84. The molecule has 1 aromatic heterocycles. The fourth-order valence-corrected chi connectivity index (χ4v) is 3.65. The number of carbonyl (C=O) groups is 1. The molecule has 3 aromatic rings. The fraction of sp³-hybridized carbons (Fsp3) is 0.346. The van der Waals surface area contributed by atoms with E-state index in [-0.39, 0.29) is 32.1 Å². The van der Waals surface area contributed by atoms with Crippen LogP contribution in [-0.4, -0.2) is 53.1 Å². The monoisotopic (exact) mass is 449 g/mol. The Morgan fingerprint density at radius 2 is 1.58 bits per heavy atom. The molecular weight excluding hydrogens is 418 g/mol. The maximum Gasteiger partial charge on any atom is 0.329 e. The van der Waals surface area contributed by atoms with E-state index in [9.17, 15) is 4.79 Å². The number of benzene rings is 2. The van der Waals surface area contributed by atoms with Gasteiger partial charge in [0.15, 0.2) is 0 Å². The van der Waals surface area contributed by atoms with Gasteiger partial charge >= 0.3 is 5.97 Å². The third-order valence-corrected chi connectivity index (χ3v) is 5.10. The topological polar surface area (TPSA) is 84.8 Å². The van der Waals surface area contributed by atoms with Gasteiger partial charge in [-0.05, 0) is 20.3 Å². The minimum Gasteiger partial charge on any atom is -0.480 e. The molecule has 0 radical (unpaired) electrons. The zero-order chi connectivity index (χ0) is 23.6. The molecule has 0 saturated carbocycles. The molecule has 0 fully saturated rings. The normalized spacial score (nSPS) is 12.0. The second-order valence-electron chi connectivity index (χ2n) is 7.84. The Morgan fingerprint density at radius 3 is 2.12 bits per heavy atom. The van der Waals surface area contributed by atoms with Gasteiger partial charge in [0.05, 0.1) is 30.8 Å². The Balaban J connectivity index is 1.92. The molecule has 0 saturated heterocycles. The second kappa shape index (κ2) is 12.1. The first-order valence-electron chi connectivity index (χ1n) is 11.2. The van der Waals surface area contributed by atoms with Gasteiger partial charge < -0.3 is 19.5 Å². The van der Waals surface area contributed by atoms with Crippen molar-refractivity contribution in [3.63, 3.8) is 0 Å². The molecule has 7 nitrogen and oxygen atoms in total. The summed E-state index contributed by atoms with van der Waals surface area (Å²) < 4.78 is 11.2. The summed E-state index contributed by atoms with van der Waals surface area (Å²) in [6.07, 6.45) is 2.26. The summed E-state index contributed by atoms with van der Waals surface area (Å²) >= 11 is 0. The van der Waals surface area contributed by atoms with E-state index in [4.69, 9.17) is 24.5 Å². The Bertz CT molecular complexity index is 1010. The molecule has 33 heavy (non-hydrogen) atoms. The largest absolute Gasteiger partial charge is 0.480 e. The van der Waals surface area contributed by atoms with Crippen LogP contribution in [-0.2, 0) is 14.3 Å². The van der Waals surface area contributed by atoms with Crippen molar-refractivity contribution in [3.05, 3.63) is 66.9 Å². The molecule has 0 aliphatic rings. The smallest absolute Gasteiger partial charge is 0.329 e. The average molecular weight is 450 g/mol. The first-order valence-corrected chi connectivity index (χ1v) is 11.2. The van der Waals surface area contributed by atoms with Gasteiger partial charge in [-0.2, -0.15) is 0 Å².